The van der Waals surface area contributed by atoms with Crippen molar-refractivity contribution >= 4 is 22.5 Å². The molecule has 1 aromatic heterocycles. The average molecular weight is 358 g/mol. The molecule has 26 heavy (non-hydrogen) atoms. The van der Waals surface area contributed by atoms with Crippen LogP contribution in [0.5, 0.6) is 0 Å². The predicted molar refractivity (Wildman–Crippen MR) is 97.0 cm³/mol. The van der Waals surface area contributed by atoms with Gasteiger partial charge in [-0.25, -0.2) is 4.98 Å². The number of nitrogens with zero attached hydrogens (tertiary/aromatic N) is 3. The van der Waals surface area contributed by atoms with E-state index in [1.54, 1.807) is 14.0 Å². The van der Waals surface area contributed by atoms with Crippen LogP contribution in [0.15, 0.2) is 12.3 Å². The van der Waals surface area contributed by atoms with E-state index in [9.17, 15) is 15.2 Å². The summed E-state index contributed by atoms with van der Waals surface area (Å²) in [5.41, 5.74) is 2.25. The highest BCUT2D eigenvalue weighted by Gasteiger charge is 2.27. The first-order chi connectivity index (χ1) is 12.4. The highest BCUT2D eigenvalue weighted by Crippen LogP contribution is 2.40. The van der Waals surface area contributed by atoms with Crippen molar-refractivity contribution in [2.24, 2.45) is 7.05 Å². The molecule has 1 aliphatic rings. The third-order valence-corrected chi connectivity index (χ3v) is 5.28. The number of benzene rings is 1. The molecule has 0 radical (unpaired) electrons. The second kappa shape index (κ2) is 6.78. The van der Waals surface area contributed by atoms with Crippen molar-refractivity contribution in [2.45, 2.75) is 44.9 Å². The summed E-state index contributed by atoms with van der Waals surface area (Å²) >= 11 is 0. The second-order valence-corrected chi connectivity index (χ2v) is 6.78. The van der Waals surface area contributed by atoms with E-state index in [0.29, 0.717) is 22.9 Å². The van der Waals surface area contributed by atoms with E-state index in [0.717, 1.165) is 37.7 Å². The van der Waals surface area contributed by atoms with Gasteiger partial charge in [0.2, 0.25) is 0 Å². The van der Waals surface area contributed by atoms with Gasteiger partial charge in [-0.05, 0) is 31.2 Å². The van der Waals surface area contributed by atoms with Gasteiger partial charge in [0.15, 0.2) is 16.9 Å². The summed E-state index contributed by atoms with van der Waals surface area (Å²) in [6, 6.07) is 1.44. The molecule has 3 rings (SSSR count). The van der Waals surface area contributed by atoms with Gasteiger partial charge in [-0.3, -0.25) is 15.5 Å². The Morgan fingerprint density at radius 2 is 2.08 bits per heavy atom. The zero-order valence-electron chi connectivity index (χ0n) is 14.8. The van der Waals surface area contributed by atoms with Crippen molar-refractivity contribution in [1.82, 2.24) is 9.55 Å². The minimum Gasteiger partial charge on any atom is -0.512 e. The maximum absolute atomic E-state index is 11.6. The van der Waals surface area contributed by atoms with Crippen LogP contribution >= 0.6 is 0 Å². The maximum Gasteiger partial charge on any atom is 0.274 e. The Balaban J connectivity index is 2.44. The van der Waals surface area contributed by atoms with Gasteiger partial charge in [0, 0.05) is 18.7 Å². The molecule has 8 heteroatoms. The van der Waals surface area contributed by atoms with Crippen LogP contribution in [-0.4, -0.2) is 24.7 Å². The number of nitrogens with one attached hydrogen (secondary N) is 1. The standard InChI is InChI=1S/C18H22N4O4/c1-10-12(22(25)26)8-13-16(15(10)11-6-4-3-5-7-11)20-17(14(24)9-23)18(19)21(13)2/h8-9,11,19,23-24H,3-7H2,1-2H3. The Morgan fingerprint density at radius 1 is 1.42 bits per heavy atom. The van der Waals surface area contributed by atoms with Gasteiger partial charge >= 0.3 is 0 Å². The van der Waals surface area contributed by atoms with Gasteiger partial charge in [0.1, 0.15) is 6.26 Å². The van der Waals surface area contributed by atoms with Crippen molar-refractivity contribution in [2.75, 3.05) is 0 Å². The lowest BCUT2D eigenvalue weighted by molar-refractivity contribution is -0.385. The Labute approximate surface area is 150 Å². The van der Waals surface area contributed by atoms with E-state index in [1.807, 2.05) is 0 Å². The first-order valence-electron chi connectivity index (χ1n) is 8.63. The molecular weight excluding hydrogens is 336 g/mol. The average Bonchev–Trinajstić information content (AvgIpc) is 2.64. The predicted octanol–water partition coefficient (Wildman–Crippen LogP) is 3.73. The van der Waals surface area contributed by atoms with Gasteiger partial charge in [-0.15, -0.1) is 0 Å². The second-order valence-electron chi connectivity index (χ2n) is 6.78. The highest BCUT2D eigenvalue weighted by molar-refractivity contribution is 5.85. The molecule has 138 valence electrons. The van der Waals surface area contributed by atoms with Crippen molar-refractivity contribution in [1.29, 1.82) is 5.41 Å². The Kier molecular flexibility index (Phi) is 4.67. The van der Waals surface area contributed by atoms with Crippen LogP contribution in [-0.2, 0) is 7.05 Å². The molecule has 1 heterocycles. The molecule has 3 N–H and O–H groups in total. The van der Waals surface area contributed by atoms with Gasteiger partial charge in [0.25, 0.3) is 5.69 Å². The van der Waals surface area contributed by atoms with Crippen LogP contribution in [0, 0.1) is 22.4 Å². The van der Waals surface area contributed by atoms with Crippen LogP contribution in [0.1, 0.15) is 54.8 Å². The van der Waals surface area contributed by atoms with E-state index < -0.39 is 10.7 Å². The summed E-state index contributed by atoms with van der Waals surface area (Å²) in [7, 11) is 1.60. The number of aromatic nitrogens is 2. The summed E-state index contributed by atoms with van der Waals surface area (Å²) in [4.78, 5) is 15.6. The number of nitro benzene ring substituents is 1. The molecular formula is C18H22N4O4. The SMILES string of the molecule is Cc1c([N+](=O)[O-])cc2c(nc(C(O)=CO)c(=N)n2C)c1C1CCCCC1. The van der Waals surface area contributed by atoms with Gasteiger partial charge < -0.3 is 14.8 Å². The number of aryl methyl sites for hydroxylation is 1. The molecule has 1 aliphatic carbocycles. The van der Waals surface area contributed by atoms with Crippen molar-refractivity contribution in [3.8, 4) is 0 Å². The Hall–Kier alpha value is -2.90. The number of aliphatic hydroxyl groups excluding tert-OH is 2. The van der Waals surface area contributed by atoms with E-state index in [4.69, 9.17) is 10.5 Å². The fraction of sp³-hybridized carbons (Fsp3) is 0.444. The fourth-order valence-electron chi connectivity index (χ4n) is 3.90. The summed E-state index contributed by atoms with van der Waals surface area (Å²) in [5, 5.41) is 38.8. The topological polar surface area (TPSA) is 125 Å². The van der Waals surface area contributed by atoms with Crippen LogP contribution in [0.2, 0.25) is 0 Å². The monoisotopic (exact) mass is 358 g/mol. The number of rotatable bonds is 3. The minimum atomic E-state index is -0.502. The molecule has 0 unspecified atom stereocenters. The first-order valence-corrected chi connectivity index (χ1v) is 8.63. The highest BCUT2D eigenvalue weighted by atomic mass is 16.6. The Bertz CT molecular complexity index is 972. The van der Waals surface area contributed by atoms with Crippen LogP contribution < -0.4 is 5.49 Å². The van der Waals surface area contributed by atoms with Crippen LogP contribution in [0.4, 0.5) is 5.69 Å². The summed E-state index contributed by atoms with van der Waals surface area (Å²) in [6.07, 6.45) is 5.65. The molecule has 1 aromatic carbocycles. The smallest absolute Gasteiger partial charge is 0.274 e. The van der Waals surface area contributed by atoms with Crippen LogP contribution in [0.25, 0.3) is 16.8 Å². The fourth-order valence-corrected chi connectivity index (χ4v) is 3.90. The lowest BCUT2D eigenvalue weighted by Crippen LogP contribution is -2.24. The third-order valence-electron chi connectivity index (χ3n) is 5.28. The maximum atomic E-state index is 11.6. The molecule has 0 atom stereocenters. The summed E-state index contributed by atoms with van der Waals surface area (Å²) in [5.74, 6) is -0.346. The zero-order valence-corrected chi connectivity index (χ0v) is 14.8. The number of hydrogen-bond donors (Lipinski definition) is 3. The molecule has 1 saturated carbocycles. The van der Waals surface area contributed by atoms with Gasteiger partial charge in [-0.2, -0.15) is 0 Å². The largest absolute Gasteiger partial charge is 0.512 e. The van der Waals surface area contributed by atoms with Gasteiger partial charge in [-0.1, -0.05) is 19.3 Å². The van der Waals surface area contributed by atoms with Crippen molar-refractivity contribution in [3.05, 3.63) is 44.8 Å². The number of aliphatic hydroxyl groups is 2. The molecule has 1 fully saturated rings. The minimum absolute atomic E-state index is 0.0181. The molecule has 8 nitrogen and oxygen atoms in total. The molecule has 0 saturated heterocycles. The molecule has 2 aromatic rings. The van der Waals surface area contributed by atoms with Crippen molar-refractivity contribution in [3.63, 3.8) is 0 Å². The normalized spacial score (nSPS) is 16.2. The molecule has 0 bridgehead atoms. The zero-order chi connectivity index (χ0) is 19.0. The molecule has 0 amide bonds. The van der Waals surface area contributed by atoms with E-state index in [2.05, 4.69) is 4.98 Å². The molecule has 0 spiro atoms. The number of nitro groups is 1. The number of hydrogen-bond acceptors (Lipinski definition) is 6. The Morgan fingerprint density at radius 3 is 2.65 bits per heavy atom. The lowest BCUT2D eigenvalue weighted by Gasteiger charge is -2.25. The first kappa shape index (κ1) is 17.9. The van der Waals surface area contributed by atoms with E-state index in [-0.39, 0.29) is 22.8 Å². The number of fused-ring (bicyclic) bond motifs is 1. The van der Waals surface area contributed by atoms with Crippen molar-refractivity contribution < 1.29 is 15.1 Å². The lowest BCUT2D eigenvalue weighted by atomic mass is 9.81. The van der Waals surface area contributed by atoms with E-state index in [1.165, 1.54) is 10.6 Å². The summed E-state index contributed by atoms with van der Waals surface area (Å²) < 4.78 is 1.45. The third kappa shape index (κ3) is 2.81. The molecule has 0 aliphatic heterocycles. The summed E-state index contributed by atoms with van der Waals surface area (Å²) in [6.45, 7) is 1.74. The van der Waals surface area contributed by atoms with E-state index >= 15 is 0 Å². The van der Waals surface area contributed by atoms with Crippen LogP contribution in [0.3, 0.4) is 0 Å². The van der Waals surface area contributed by atoms with Gasteiger partial charge in [0.05, 0.1) is 16.0 Å². The quantitative estimate of drug-likeness (QED) is 0.438.